The van der Waals surface area contributed by atoms with E-state index in [9.17, 15) is 5.11 Å². The van der Waals surface area contributed by atoms with Crippen LogP contribution in [0.5, 0.6) is 0 Å². The molecule has 1 saturated carbocycles. The average Bonchev–Trinajstić information content (AvgIpc) is 2.28. The second kappa shape index (κ2) is 5.44. The van der Waals surface area contributed by atoms with E-state index in [1.54, 1.807) is 0 Å². The summed E-state index contributed by atoms with van der Waals surface area (Å²) >= 11 is 0. The molecular weight excluding hydrogens is 220 g/mol. The summed E-state index contributed by atoms with van der Waals surface area (Å²) in [4.78, 5) is 0. The fourth-order valence-electron chi connectivity index (χ4n) is 3.60. The predicted molar refractivity (Wildman–Crippen MR) is 76.5 cm³/mol. The van der Waals surface area contributed by atoms with Crippen molar-refractivity contribution in [3.8, 4) is 0 Å². The Morgan fingerprint density at radius 3 is 2.17 bits per heavy atom. The molecule has 1 aromatic carbocycles. The van der Waals surface area contributed by atoms with Crippen LogP contribution in [0.25, 0.3) is 0 Å². The van der Waals surface area contributed by atoms with Crippen molar-refractivity contribution in [1.29, 1.82) is 0 Å². The molecule has 0 bridgehead atoms. The van der Waals surface area contributed by atoms with Gasteiger partial charge in [0, 0.05) is 0 Å². The van der Waals surface area contributed by atoms with E-state index in [1.165, 1.54) is 18.4 Å². The van der Waals surface area contributed by atoms with Gasteiger partial charge in [0.05, 0.1) is 5.60 Å². The van der Waals surface area contributed by atoms with E-state index in [0.717, 1.165) is 24.8 Å². The SMILES string of the molecule is CCCc1ccc(C2(O)CC(C)CC(C)C2)cc1. The molecule has 0 aromatic heterocycles. The highest BCUT2D eigenvalue weighted by molar-refractivity contribution is 5.28. The molecule has 1 heteroatoms. The summed E-state index contributed by atoms with van der Waals surface area (Å²) in [6, 6.07) is 8.63. The molecule has 0 radical (unpaired) electrons. The molecule has 18 heavy (non-hydrogen) atoms. The summed E-state index contributed by atoms with van der Waals surface area (Å²) < 4.78 is 0. The lowest BCUT2D eigenvalue weighted by atomic mass is 9.71. The maximum atomic E-state index is 10.9. The van der Waals surface area contributed by atoms with Crippen molar-refractivity contribution in [2.24, 2.45) is 11.8 Å². The first-order valence-corrected chi connectivity index (χ1v) is 7.35. The van der Waals surface area contributed by atoms with Crippen LogP contribution >= 0.6 is 0 Å². The van der Waals surface area contributed by atoms with Gasteiger partial charge < -0.3 is 5.11 Å². The summed E-state index contributed by atoms with van der Waals surface area (Å²) in [6.45, 7) is 6.71. The van der Waals surface area contributed by atoms with Gasteiger partial charge in [-0.15, -0.1) is 0 Å². The normalized spacial score (nSPS) is 32.4. The highest BCUT2D eigenvalue weighted by Crippen LogP contribution is 2.42. The molecule has 1 aromatic rings. The Kier molecular flexibility index (Phi) is 4.11. The number of hydrogen-bond acceptors (Lipinski definition) is 1. The van der Waals surface area contributed by atoms with Crippen molar-refractivity contribution in [3.63, 3.8) is 0 Å². The third kappa shape index (κ3) is 2.95. The predicted octanol–water partition coefficient (Wildman–Crippen LogP) is 4.28. The third-order valence-corrected chi connectivity index (χ3v) is 4.21. The van der Waals surface area contributed by atoms with Crippen molar-refractivity contribution < 1.29 is 5.11 Å². The van der Waals surface area contributed by atoms with Crippen molar-refractivity contribution in [1.82, 2.24) is 0 Å². The lowest BCUT2D eigenvalue weighted by molar-refractivity contribution is -0.0362. The summed E-state index contributed by atoms with van der Waals surface area (Å²) in [5, 5.41) is 10.9. The fraction of sp³-hybridized carbons (Fsp3) is 0.647. The van der Waals surface area contributed by atoms with Crippen molar-refractivity contribution in [3.05, 3.63) is 35.4 Å². The molecule has 100 valence electrons. The Labute approximate surface area is 111 Å². The highest BCUT2D eigenvalue weighted by atomic mass is 16.3. The molecule has 1 N–H and O–H groups in total. The van der Waals surface area contributed by atoms with E-state index in [1.807, 2.05) is 0 Å². The lowest BCUT2D eigenvalue weighted by Crippen LogP contribution is -2.35. The standard InChI is InChI=1S/C17H26O/c1-4-5-15-6-8-16(9-7-15)17(18)11-13(2)10-14(3)12-17/h6-9,13-14,18H,4-5,10-12H2,1-3H3. The Morgan fingerprint density at radius 2 is 1.67 bits per heavy atom. The Hall–Kier alpha value is -0.820. The van der Waals surface area contributed by atoms with Gasteiger partial charge in [0.25, 0.3) is 0 Å². The van der Waals surface area contributed by atoms with Gasteiger partial charge in [-0.25, -0.2) is 0 Å². The summed E-state index contributed by atoms with van der Waals surface area (Å²) in [6.07, 6.45) is 5.37. The Balaban J connectivity index is 2.18. The quantitative estimate of drug-likeness (QED) is 0.844. The summed E-state index contributed by atoms with van der Waals surface area (Å²) in [5.74, 6) is 1.24. The Bertz CT molecular complexity index is 369. The van der Waals surface area contributed by atoms with Gasteiger partial charge in [-0.3, -0.25) is 0 Å². The van der Waals surface area contributed by atoms with Crippen LogP contribution < -0.4 is 0 Å². The molecule has 2 rings (SSSR count). The van der Waals surface area contributed by atoms with Crippen LogP contribution in [0.2, 0.25) is 0 Å². The second-order valence-electron chi connectivity index (χ2n) is 6.33. The minimum absolute atomic E-state index is 0.595. The summed E-state index contributed by atoms with van der Waals surface area (Å²) in [7, 11) is 0. The Morgan fingerprint density at radius 1 is 1.11 bits per heavy atom. The molecule has 0 spiro atoms. The molecule has 1 aliphatic carbocycles. The zero-order valence-electron chi connectivity index (χ0n) is 11.9. The van der Waals surface area contributed by atoms with Gasteiger partial charge in [0.2, 0.25) is 0 Å². The molecule has 0 amide bonds. The maximum Gasteiger partial charge on any atom is 0.0901 e. The van der Waals surface area contributed by atoms with Crippen molar-refractivity contribution >= 4 is 0 Å². The van der Waals surface area contributed by atoms with Crippen molar-refractivity contribution in [2.45, 2.75) is 58.5 Å². The van der Waals surface area contributed by atoms with Gasteiger partial charge in [0.15, 0.2) is 0 Å². The zero-order valence-corrected chi connectivity index (χ0v) is 11.9. The topological polar surface area (TPSA) is 20.2 Å². The van der Waals surface area contributed by atoms with Crippen molar-refractivity contribution in [2.75, 3.05) is 0 Å². The molecule has 1 aliphatic rings. The largest absolute Gasteiger partial charge is 0.385 e. The number of aliphatic hydroxyl groups is 1. The van der Waals surface area contributed by atoms with Gasteiger partial charge in [-0.05, 0) is 48.6 Å². The van der Waals surface area contributed by atoms with Crippen LogP contribution in [0.3, 0.4) is 0 Å². The number of benzene rings is 1. The highest BCUT2D eigenvalue weighted by Gasteiger charge is 2.37. The smallest absolute Gasteiger partial charge is 0.0901 e. The zero-order chi connectivity index (χ0) is 13.2. The maximum absolute atomic E-state index is 10.9. The molecule has 2 atom stereocenters. The first-order valence-electron chi connectivity index (χ1n) is 7.35. The van der Waals surface area contributed by atoms with Crippen LogP contribution in [0.1, 0.15) is 57.6 Å². The lowest BCUT2D eigenvalue weighted by Gasteiger charge is -2.39. The van der Waals surface area contributed by atoms with E-state index < -0.39 is 5.60 Å². The van der Waals surface area contributed by atoms with Crippen LogP contribution in [0, 0.1) is 11.8 Å². The molecule has 0 aliphatic heterocycles. The fourth-order valence-corrected chi connectivity index (χ4v) is 3.60. The second-order valence-corrected chi connectivity index (χ2v) is 6.33. The molecule has 0 saturated heterocycles. The van der Waals surface area contributed by atoms with Crippen LogP contribution in [-0.2, 0) is 12.0 Å². The molecule has 1 fully saturated rings. The van der Waals surface area contributed by atoms with E-state index in [4.69, 9.17) is 0 Å². The molecule has 2 unspecified atom stereocenters. The number of aryl methyl sites for hydroxylation is 1. The molecular formula is C17H26O. The first kappa shape index (κ1) is 13.6. The summed E-state index contributed by atoms with van der Waals surface area (Å²) in [5.41, 5.74) is 1.89. The van der Waals surface area contributed by atoms with Crippen LogP contribution in [-0.4, -0.2) is 5.11 Å². The van der Waals surface area contributed by atoms with Gasteiger partial charge >= 0.3 is 0 Å². The van der Waals surface area contributed by atoms with Crippen LogP contribution in [0.4, 0.5) is 0 Å². The first-order chi connectivity index (χ1) is 8.53. The van der Waals surface area contributed by atoms with Gasteiger partial charge in [-0.2, -0.15) is 0 Å². The molecule has 1 nitrogen and oxygen atoms in total. The van der Waals surface area contributed by atoms with Gasteiger partial charge in [-0.1, -0.05) is 51.5 Å². The number of hydrogen-bond donors (Lipinski definition) is 1. The average molecular weight is 246 g/mol. The molecule has 0 heterocycles. The van der Waals surface area contributed by atoms with E-state index in [2.05, 4.69) is 45.0 Å². The van der Waals surface area contributed by atoms with E-state index in [-0.39, 0.29) is 0 Å². The number of rotatable bonds is 3. The van der Waals surface area contributed by atoms with Gasteiger partial charge in [0.1, 0.15) is 0 Å². The minimum atomic E-state index is -0.595. The van der Waals surface area contributed by atoms with Crippen LogP contribution in [0.15, 0.2) is 24.3 Å². The monoisotopic (exact) mass is 246 g/mol. The minimum Gasteiger partial charge on any atom is -0.385 e. The third-order valence-electron chi connectivity index (χ3n) is 4.21. The van der Waals surface area contributed by atoms with E-state index >= 15 is 0 Å². The van der Waals surface area contributed by atoms with E-state index in [0.29, 0.717) is 11.8 Å².